The van der Waals surface area contributed by atoms with Crippen LogP contribution in [0.3, 0.4) is 0 Å². The van der Waals surface area contributed by atoms with E-state index in [-0.39, 0.29) is 17.2 Å². The Morgan fingerprint density at radius 3 is 2.51 bits per heavy atom. The number of rotatable bonds is 7. The summed E-state index contributed by atoms with van der Waals surface area (Å²) in [7, 11) is 0. The number of benzene rings is 4. The number of imide groups is 1. The van der Waals surface area contributed by atoms with Gasteiger partial charge in [0.25, 0.3) is 11.1 Å². The Labute approximate surface area is 245 Å². The Kier molecular flexibility index (Phi) is 8.18. The summed E-state index contributed by atoms with van der Waals surface area (Å²) in [6.45, 7) is -0.382. The number of ether oxygens (including phenoxy) is 1. The molecule has 0 atom stereocenters. The van der Waals surface area contributed by atoms with Gasteiger partial charge in [0, 0.05) is 15.7 Å². The maximum absolute atomic E-state index is 13.0. The molecule has 0 saturated carbocycles. The fraction of sp³-hybridized carbons (Fsp3) is 0.100. The fourth-order valence-corrected chi connectivity index (χ4v) is 5.36. The highest BCUT2D eigenvalue weighted by Crippen LogP contribution is 2.35. The molecule has 41 heavy (non-hydrogen) atoms. The van der Waals surface area contributed by atoms with E-state index in [0.717, 1.165) is 43.9 Å². The van der Waals surface area contributed by atoms with Crippen molar-refractivity contribution in [1.82, 2.24) is 4.90 Å². The molecule has 1 N–H and O–H groups in total. The molecule has 0 bridgehead atoms. The van der Waals surface area contributed by atoms with Crippen molar-refractivity contribution < 1.29 is 32.3 Å². The van der Waals surface area contributed by atoms with Crippen LogP contribution in [0.15, 0.2) is 94.3 Å². The number of carbonyl (C=O) groups excluding carboxylic acids is 3. The van der Waals surface area contributed by atoms with Crippen molar-refractivity contribution in [3.63, 3.8) is 0 Å². The van der Waals surface area contributed by atoms with Crippen molar-refractivity contribution in [2.45, 2.75) is 12.8 Å². The van der Waals surface area contributed by atoms with Gasteiger partial charge in [-0.3, -0.25) is 19.3 Å². The van der Waals surface area contributed by atoms with Crippen molar-refractivity contribution >= 4 is 67.3 Å². The number of halogens is 4. The molecule has 1 aliphatic rings. The molecule has 208 valence electrons. The van der Waals surface area contributed by atoms with Gasteiger partial charge in [0.1, 0.15) is 18.9 Å². The normalized spacial score (nSPS) is 14.6. The molecule has 4 aromatic rings. The van der Waals surface area contributed by atoms with Crippen LogP contribution in [0.5, 0.6) is 5.75 Å². The van der Waals surface area contributed by atoms with Gasteiger partial charge < -0.3 is 10.1 Å². The van der Waals surface area contributed by atoms with E-state index in [2.05, 4.69) is 21.2 Å². The monoisotopic (exact) mass is 640 g/mol. The second-order valence-electron chi connectivity index (χ2n) is 9.05. The van der Waals surface area contributed by atoms with E-state index in [1.54, 1.807) is 18.2 Å². The molecule has 6 nitrogen and oxygen atoms in total. The summed E-state index contributed by atoms with van der Waals surface area (Å²) in [5.41, 5.74) is 0.454. The van der Waals surface area contributed by atoms with Crippen LogP contribution in [0.1, 0.15) is 16.7 Å². The molecule has 1 fully saturated rings. The summed E-state index contributed by atoms with van der Waals surface area (Å²) in [6, 6.07) is 23.3. The average Bonchev–Trinajstić information content (AvgIpc) is 3.19. The highest BCUT2D eigenvalue weighted by atomic mass is 79.9. The molecule has 4 aromatic carbocycles. The lowest BCUT2D eigenvalue weighted by molar-refractivity contribution is -0.137. The third-order valence-corrected chi connectivity index (χ3v) is 7.52. The lowest BCUT2D eigenvalue weighted by Gasteiger charge is -2.14. The number of anilines is 1. The van der Waals surface area contributed by atoms with E-state index in [0.29, 0.717) is 23.1 Å². The van der Waals surface area contributed by atoms with Crippen LogP contribution in [0.2, 0.25) is 0 Å². The summed E-state index contributed by atoms with van der Waals surface area (Å²) in [5.74, 6) is -1.02. The van der Waals surface area contributed by atoms with Gasteiger partial charge in [0.05, 0.1) is 10.5 Å². The number of hydrogen-bond acceptors (Lipinski definition) is 5. The van der Waals surface area contributed by atoms with Gasteiger partial charge in [0.2, 0.25) is 5.91 Å². The lowest BCUT2D eigenvalue weighted by atomic mass is 10.1. The molecule has 11 heteroatoms. The van der Waals surface area contributed by atoms with E-state index >= 15 is 0 Å². The first-order chi connectivity index (χ1) is 19.6. The number of hydrogen-bond donors (Lipinski definition) is 1. The first-order valence-electron chi connectivity index (χ1n) is 12.2. The zero-order valence-corrected chi connectivity index (χ0v) is 23.5. The molecular formula is C30H20BrF3N2O4S. The number of amides is 3. The van der Waals surface area contributed by atoms with E-state index in [4.69, 9.17) is 4.74 Å². The van der Waals surface area contributed by atoms with Crippen LogP contribution in [0, 0.1) is 0 Å². The Bertz CT molecular complexity index is 1710. The van der Waals surface area contributed by atoms with Crippen LogP contribution in [0.4, 0.5) is 23.7 Å². The summed E-state index contributed by atoms with van der Waals surface area (Å²) >= 11 is 4.07. The van der Waals surface area contributed by atoms with E-state index in [1.165, 1.54) is 12.1 Å². The maximum Gasteiger partial charge on any atom is 0.416 e. The topological polar surface area (TPSA) is 75.7 Å². The van der Waals surface area contributed by atoms with Crippen LogP contribution < -0.4 is 10.1 Å². The highest BCUT2D eigenvalue weighted by Gasteiger charge is 2.37. The summed E-state index contributed by atoms with van der Waals surface area (Å²) in [5, 5.41) is 3.82. The summed E-state index contributed by atoms with van der Waals surface area (Å²) in [6.07, 6.45) is -3.07. The van der Waals surface area contributed by atoms with Gasteiger partial charge in [-0.05, 0) is 76.6 Å². The molecule has 1 heterocycles. The van der Waals surface area contributed by atoms with Crippen molar-refractivity contribution in [2.24, 2.45) is 0 Å². The molecule has 1 saturated heterocycles. The standard InChI is InChI=1S/C30H20BrF3N2O4S/c31-23-10-11-25(40-17-18-8-9-19-4-1-2-5-20(19)12-18)21(13-23)14-26-28(38)36(29(39)41-26)16-27(37)35-24-7-3-6-22(15-24)30(32,33)34/h1-15H,16-17H2,(H,35,37)/b26-14-. The second kappa shape index (κ2) is 11.8. The van der Waals surface area contributed by atoms with Crippen molar-refractivity contribution in [2.75, 3.05) is 11.9 Å². The molecular weight excluding hydrogens is 621 g/mol. The smallest absolute Gasteiger partial charge is 0.416 e. The number of alkyl halides is 3. The Morgan fingerprint density at radius 2 is 1.73 bits per heavy atom. The first-order valence-corrected chi connectivity index (χ1v) is 13.8. The molecule has 0 radical (unpaired) electrons. The van der Waals surface area contributed by atoms with Gasteiger partial charge in [-0.1, -0.05) is 58.4 Å². The van der Waals surface area contributed by atoms with E-state index < -0.39 is 35.3 Å². The number of thioether (sulfide) groups is 1. The van der Waals surface area contributed by atoms with Gasteiger partial charge in [-0.25, -0.2) is 0 Å². The predicted octanol–water partition coefficient (Wildman–Crippen LogP) is 7.88. The van der Waals surface area contributed by atoms with Crippen molar-refractivity contribution in [3.05, 3.63) is 111 Å². The zero-order chi connectivity index (χ0) is 29.1. The lowest BCUT2D eigenvalue weighted by Crippen LogP contribution is -2.36. The average molecular weight is 641 g/mol. The Balaban J connectivity index is 1.29. The first kappa shape index (κ1) is 28.4. The van der Waals surface area contributed by atoms with Crippen molar-refractivity contribution in [1.29, 1.82) is 0 Å². The minimum absolute atomic E-state index is 0.0792. The van der Waals surface area contributed by atoms with Gasteiger partial charge in [0.15, 0.2) is 0 Å². The molecule has 5 rings (SSSR count). The minimum atomic E-state index is -4.58. The van der Waals surface area contributed by atoms with Crippen LogP contribution in [-0.2, 0) is 22.4 Å². The molecule has 1 aliphatic heterocycles. The Morgan fingerprint density at radius 1 is 0.951 bits per heavy atom. The zero-order valence-electron chi connectivity index (χ0n) is 21.1. The SMILES string of the molecule is O=C(CN1C(=O)S/C(=C\c2cc(Br)ccc2OCc2ccc3ccccc3c2)C1=O)Nc1cccc(C(F)(F)F)c1. The third-order valence-electron chi connectivity index (χ3n) is 6.12. The molecule has 0 aromatic heterocycles. The third kappa shape index (κ3) is 6.80. The number of fused-ring (bicyclic) bond motifs is 1. The maximum atomic E-state index is 13.0. The number of nitrogens with one attached hydrogen (secondary N) is 1. The van der Waals surface area contributed by atoms with Gasteiger partial charge >= 0.3 is 6.18 Å². The second-order valence-corrected chi connectivity index (χ2v) is 11.0. The number of nitrogens with zero attached hydrogens (tertiary/aromatic N) is 1. The van der Waals surface area contributed by atoms with E-state index in [9.17, 15) is 27.6 Å². The quantitative estimate of drug-likeness (QED) is 0.208. The molecule has 0 unspecified atom stereocenters. The van der Waals surface area contributed by atoms with Crippen LogP contribution in [0.25, 0.3) is 16.8 Å². The van der Waals surface area contributed by atoms with E-state index in [1.807, 2.05) is 42.5 Å². The highest BCUT2D eigenvalue weighted by molar-refractivity contribution is 9.10. The summed E-state index contributed by atoms with van der Waals surface area (Å²) < 4.78 is 45.7. The van der Waals surface area contributed by atoms with Gasteiger partial charge in [-0.2, -0.15) is 13.2 Å². The van der Waals surface area contributed by atoms with Crippen molar-refractivity contribution in [3.8, 4) is 5.75 Å². The Hall–Kier alpha value is -4.09. The number of carbonyl (C=O) groups is 3. The fourth-order valence-electron chi connectivity index (χ4n) is 4.15. The largest absolute Gasteiger partial charge is 0.488 e. The molecule has 0 aliphatic carbocycles. The molecule has 0 spiro atoms. The summed E-state index contributed by atoms with van der Waals surface area (Å²) in [4.78, 5) is 38.9. The molecule has 3 amide bonds. The van der Waals surface area contributed by atoms with Crippen LogP contribution >= 0.6 is 27.7 Å². The predicted molar refractivity (Wildman–Crippen MR) is 155 cm³/mol. The van der Waals surface area contributed by atoms with Gasteiger partial charge in [-0.15, -0.1) is 0 Å². The van der Waals surface area contributed by atoms with Crippen LogP contribution in [-0.4, -0.2) is 28.5 Å². The minimum Gasteiger partial charge on any atom is -0.488 e.